The van der Waals surface area contributed by atoms with Crippen molar-refractivity contribution in [3.8, 4) is 0 Å². The topological polar surface area (TPSA) is 297 Å². The fourth-order valence-corrected chi connectivity index (χ4v) is 6.26. The molecule has 0 aromatic heterocycles. The van der Waals surface area contributed by atoms with E-state index in [1.54, 1.807) is 51.1 Å². The number of carboxylic acid groups (broad SMARTS) is 1. The molecule has 7 atom stereocenters. The Kier molecular flexibility index (Phi) is 21.1. The van der Waals surface area contributed by atoms with Gasteiger partial charge in [-0.2, -0.15) is 0 Å². The first-order valence-corrected chi connectivity index (χ1v) is 19.6. The first-order valence-electron chi connectivity index (χ1n) is 19.6. The molecular weight excluding hydrogens is 772 g/mol. The van der Waals surface area contributed by atoms with Crippen LogP contribution >= 0.6 is 0 Å². The summed E-state index contributed by atoms with van der Waals surface area (Å²) in [7, 11) is 2.67. The molecule has 1 aromatic rings. The average Bonchev–Trinajstić information content (AvgIpc) is 3.31. The maximum atomic E-state index is 13.8. The molecule has 6 amide bonds. The molecule has 59 heavy (non-hydrogen) atoms. The monoisotopic (exact) mass is 834 g/mol. The molecule has 20 nitrogen and oxygen atoms in total. The fraction of sp³-hybridized carbons (Fsp3) is 0.641. The van der Waals surface area contributed by atoms with E-state index in [0.29, 0.717) is 17.8 Å². The van der Waals surface area contributed by atoms with Crippen molar-refractivity contribution in [2.45, 2.75) is 114 Å². The number of rotatable bonds is 24. The molecule has 0 fully saturated rings. The van der Waals surface area contributed by atoms with Crippen LogP contribution in [0, 0.1) is 0 Å². The van der Waals surface area contributed by atoms with E-state index in [-0.39, 0.29) is 31.6 Å². The molecule has 1 aromatic carbocycles. The molecule has 0 saturated heterocycles. The van der Waals surface area contributed by atoms with Gasteiger partial charge in [0.05, 0.1) is 44.1 Å². The number of unbranched alkanes of at least 4 members (excludes halogenated alkanes) is 1. The van der Waals surface area contributed by atoms with Crippen molar-refractivity contribution in [1.82, 2.24) is 36.8 Å². The largest absolute Gasteiger partial charge is 0.480 e. The molecule has 2 rings (SSSR count). The second-order valence-electron chi connectivity index (χ2n) is 14.9. The quantitative estimate of drug-likeness (QED) is 0.0478. The summed E-state index contributed by atoms with van der Waals surface area (Å²) in [6.07, 6.45) is 0.956. The van der Waals surface area contributed by atoms with Gasteiger partial charge in [-0.3, -0.25) is 33.8 Å². The lowest BCUT2D eigenvalue weighted by atomic mass is 9.94. The molecular formula is C39H62N8O12. The summed E-state index contributed by atoms with van der Waals surface area (Å²) in [5.41, 5.74) is 0.0287. The van der Waals surface area contributed by atoms with Gasteiger partial charge in [-0.05, 0) is 46.2 Å². The number of nitrogens with one attached hydrogen (secondary N) is 6. The Hall–Kier alpha value is -5.02. The number of carbonyl (C=O) groups is 7. The third-order valence-corrected chi connectivity index (χ3v) is 9.67. The number of carbonyl (C=O) groups excluding carboxylic acids is 6. The third-order valence-electron chi connectivity index (χ3n) is 9.67. The first-order chi connectivity index (χ1) is 27.9. The number of ether oxygens (including phenoxy) is 1. The van der Waals surface area contributed by atoms with Gasteiger partial charge in [0.15, 0.2) is 6.04 Å². The zero-order valence-electron chi connectivity index (χ0n) is 34.7. The molecule has 0 radical (unpaired) electrons. The zero-order chi connectivity index (χ0) is 44.3. The van der Waals surface area contributed by atoms with Gasteiger partial charge >= 0.3 is 5.97 Å². The molecule has 0 bridgehead atoms. The first kappa shape index (κ1) is 50.1. The van der Waals surface area contributed by atoms with Gasteiger partial charge in [-0.1, -0.05) is 43.7 Å². The van der Waals surface area contributed by atoms with Gasteiger partial charge in [0.2, 0.25) is 35.4 Å². The normalized spacial score (nSPS) is 18.6. The second kappa shape index (κ2) is 24.8. The van der Waals surface area contributed by atoms with Crippen LogP contribution in [0.15, 0.2) is 35.3 Å². The minimum absolute atomic E-state index is 0.00618. The molecule has 330 valence electrons. The Balaban J connectivity index is 2.21. The van der Waals surface area contributed by atoms with Crippen molar-refractivity contribution < 1.29 is 58.7 Å². The van der Waals surface area contributed by atoms with Gasteiger partial charge in [-0.15, -0.1) is 0 Å². The number of aliphatic hydroxyl groups is 3. The summed E-state index contributed by atoms with van der Waals surface area (Å²) < 4.78 is 6.18. The van der Waals surface area contributed by atoms with Crippen molar-refractivity contribution in [1.29, 1.82) is 0 Å². The zero-order valence-corrected chi connectivity index (χ0v) is 34.7. The minimum Gasteiger partial charge on any atom is -0.480 e. The summed E-state index contributed by atoms with van der Waals surface area (Å²) in [6.45, 7) is 4.57. The molecule has 0 saturated carbocycles. The minimum atomic E-state index is -1.59. The Morgan fingerprint density at radius 2 is 1.56 bits per heavy atom. The van der Waals surface area contributed by atoms with Crippen LogP contribution in [0.25, 0.3) is 0 Å². The molecule has 1 aliphatic heterocycles. The highest BCUT2D eigenvalue weighted by atomic mass is 16.5. The average molecular weight is 835 g/mol. The molecule has 10 N–H and O–H groups in total. The van der Waals surface area contributed by atoms with Crippen LogP contribution in [-0.2, 0) is 44.7 Å². The van der Waals surface area contributed by atoms with E-state index in [9.17, 15) is 54.0 Å². The highest BCUT2D eigenvalue weighted by Gasteiger charge is 2.39. The van der Waals surface area contributed by atoms with E-state index in [1.165, 1.54) is 14.1 Å². The van der Waals surface area contributed by atoms with Crippen LogP contribution in [0.5, 0.6) is 0 Å². The third kappa shape index (κ3) is 16.3. The van der Waals surface area contributed by atoms with E-state index >= 15 is 0 Å². The Labute approximate surface area is 344 Å². The van der Waals surface area contributed by atoms with Gasteiger partial charge < -0.3 is 62.0 Å². The summed E-state index contributed by atoms with van der Waals surface area (Å²) in [5.74, 6) is -5.77. The van der Waals surface area contributed by atoms with Crippen LogP contribution in [0.3, 0.4) is 0 Å². The molecule has 20 heteroatoms. The predicted octanol–water partition coefficient (Wildman–Crippen LogP) is -2.63. The predicted molar refractivity (Wildman–Crippen MR) is 215 cm³/mol. The van der Waals surface area contributed by atoms with E-state index in [0.717, 1.165) is 17.7 Å². The lowest BCUT2D eigenvalue weighted by Gasteiger charge is -2.30. The summed E-state index contributed by atoms with van der Waals surface area (Å²) >= 11 is 0. The second-order valence-corrected chi connectivity index (χ2v) is 14.9. The Bertz CT molecular complexity index is 1610. The van der Waals surface area contributed by atoms with E-state index in [1.807, 2.05) is 6.92 Å². The Morgan fingerprint density at radius 1 is 0.898 bits per heavy atom. The summed E-state index contributed by atoms with van der Waals surface area (Å²) in [5, 5.41) is 54.9. The molecule has 1 aliphatic rings. The van der Waals surface area contributed by atoms with E-state index < -0.39 is 110 Å². The number of aliphatic hydroxyl groups excluding tert-OH is 3. The summed E-state index contributed by atoms with van der Waals surface area (Å²) in [6, 6.07) is 0.902. The maximum absolute atomic E-state index is 13.8. The number of hydrogen-bond acceptors (Lipinski definition) is 13. The smallest absolute Gasteiger partial charge is 0.326 e. The van der Waals surface area contributed by atoms with Crippen LogP contribution in [-0.4, -0.2) is 167 Å². The van der Waals surface area contributed by atoms with Crippen molar-refractivity contribution in [3.63, 3.8) is 0 Å². The highest BCUT2D eigenvalue weighted by Crippen LogP contribution is 2.27. The van der Waals surface area contributed by atoms with Gasteiger partial charge in [-0.25, -0.2) is 4.79 Å². The number of amides is 6. The number of benzene rings is 1. The van der Waals surface area contributed by atoms with Gasteiger partial charge in [0.25, 0.3) is 0 Å². The standard InChI is InChI=1S/C39H62N8O12/c1-7-8-16-41-31(51)15-14-25(44-35(54)28(20-48)40-5)27-18-39(3,4)59-23(2)33(43-27)37(56)46-29(21-49)34(53)42-19-32(52)47(6)30(22-50)36(55)45-26(38(57)58)17-24-12-10-9-11-13-24/h9-13,23,25-26,28-30,33,40,48-50H,7-8,14-22H2,1-6H3,(H,41,51)(H,42,53)(H,44,54)(H,45,55)(H,46,56)(H,57,58). The van der Waals surface area contributed by atoms with E-state index in [2.05, 4.69) is 31.9 Å². The molecule has 7 unspecified atom stereocenters. The number of hydrogen-bond donors (Lipinski definition) is 10. The number of carboxylic acids is 1. The van der Waals surface area contributed by atoms with Crippen molar-refractivity contribution in [2.75, 3.05) is 47.0 Å². The number of aliphatic imine (C=N–C) groups is 1. The van der Waals surface area contributed by atoms with Crippen molar-refractivity contribution in [2.24, 2.45) is 4.99 Å². The maximum Gasteiger partial charge on any atom is 0.326 e. The van der Waals surface area contributed by atoms with Crippen LogP contribution in [0.4, 0.5) is 0 Å². The van der Waals surface area contributed by atoms with Crippen LogP contribution < -0.4 is 31.9 Å². The number of nitrogens with zero attached hydrogens (tertiary/aromatic N) is 2. The highest BCUT2D eigenvalue weighted by molar-refractivity contribution is 5.98. The SMILES string of the molecule is CCCCNC(=O)CCC(NC(=O)C(CO)NC)C1=NC(C(=O)NC(CO)C(=O)NCC(=O)N(C)C(CO)C(=O)NC(Cc2ccccc2)C(=O)O)C(C)OC(C)(C)C1. The molecule has 0 aliphatic carbocycles. The van der Waals surface area contributed by atoms with Gasteiger partial charge in [0, 0.05) is 38.6 Å². The summed E-state index contributed by atoms with van der Waals surface area (Å²) in [4.78, 5) is 96.2. The van der Waals surface area contributed by atoms with Crippen molar-refractivity contribution in [3.05, 3.63) is 35.9 Å². The van der Waals surface area contributed by atoms with Crippen LogP contribution in [0.2, 0.25) is 0 Å². The van der Waals surface area contributed by atoms with E-state index in [4.69, 9.17) is 9.73 Å². The Morgan fingerprint density at radius 3 is 2.14 bits per heavy atom. The van der Waals surface area contributed by atoms with Gasteiger partial charge in [0.1, 0.15) is 24.2 Å². The number of aliphatic carboxylic acids is 1. The fourth-order valence-electron chi connectivity index (χ4n) is 6.26. The lowest BCUT2D eigenvalue weighted by Crippen LogP contribution is -2.57. The van der Waals surface area contributed by atoms with Crippen LogP contribution in [0.1, 0.15) is 65.4 Å². The molecule has 0 spiro atoms. The number of likely N-dealkylation sites (N-methyl/N-ethyl adjacent to an activating group) is 2. The van der Waals surface area contributed by atoms with Crippen molar-refractivity contribution >= 4 is 47.1 Å². The molecule has 1 heterocycles. The lowest BCUT2D eigenvalue weighted by molar-refractivity contribution is -0.145.